The van der Waals surface area contributed by atoms with Gasteiger partial charge in [-0.1, -0.05) is 11.6 Å². The fraction of sp³-hybridized carbons (Fsp3) is 0.533. The number of pyridine rings is 1. The summed E-state index contributed by atoms with van der Waals surface area (Å²) in [5.74, 6) is 2.36. The zero-order chi connectivity index (χ0) is 14.7. The lowest BCUT2D eigenvalue weighted by molar-refractivity contribution is 0.254. The first-order valence-electron chi connectivity index (χ1n) is 7.41. The third-order valence-electron chi connectivity index (χ3n) is 4.05. The van der Waals surface area contributed by atoms with Gasteiger partial charge in [-0.15, -0.1) is 0 Å². The van der Waals surface area contributed by atoms with Gasteiger partial charge in [0.15, 0.2) is 5.82 Å². The highest BCUT2D eigenvalue weighted by molar-refractivity contribution is 5.68. The van der Waals surface area contributed by atoms with Crippen LogP contribution in [0.4, 0.5) is 5.82 Å². The van der Waals surface area contributed by atoms with Gasteiger partial charge in [-0.3, -0.25) is 0 Å². The Morgan fingerprint density at radius 3 is 3.10 bits per heavy atom. The Kier molecular flexibility index (Phi) is 4.15. The van der Waals surface area contributed by atoms with Crippen LogP contribution in [0.15, 0.2) is 22.9 Å². The van der Waals surface area contributed by atoms with Crippen molar-refractivity contribution in [2.24, 2.45) is 5.92 Å². The molecular formula is C15H20N4O2. The van der Waals surface area contributed by atoms with E-state index >= 15 is 0 Å². The summed E-state index contributed by atoms with van der Waals surface area (Å²) in [6.45, 7) is 2.03. The van der Waals surface area contributed by atoms with Gasteiger partial charge in [0.1, 0.15) is 5.82 Å². The summed E-state index contributed by atoms with van der Waals surface area (Å²) < 4.78 is 5.25. The Morgan fingerprint density at radius 1 is 1.43 bits per heavy atom. The predicted octanol–water partition coefficient (Wildman–Crippen LogP) is 2.40. The minimum Gasteiger partial charge on any atom is -0.396 e. The average Bonchev–Trinajstić information content (AvgIpc) is 3.10. The second-order valence-electron chi connectivity index (χ2n) is 5.50. The van der Waals surface area contributed by atoms with Crippen molar-refractivity contribution in [3.8, 4) is 11.5 Å². The van der Waals surface area contributed by atoms with Gasteiger partial charge in [0, 0.05) is 18.8 Å². The number of aliphatic hydroxyl groups is 1. The summed E-state index contributed by atoms with van der Waals surface area (Å²) in [4.78, 5) is 8.69. The zero-order valence-corrected chi connectivity index (χ0v) is 12.1. The van der Waals surface area contributed by atoms with Crippen LogP contribution >= 0.6 is 0 Å². The first-order chi connectivity index (χ1) is 10.3. The normalized spacial score (nSPS) is 21.6. The molecule has 6 nitrogen and oxygen atoms in total. The third-order valence-corrected chi connectivity index (χ3v) is 4.05. The van der Waals surface area contributed by atoms with E-state index in [0.717, 1.165) is 30.6 Å². The van der Waals surface area contributed by atoms with E-state index < -0.39 is 0 Å². The number of aliphatic hydroxyl groups excluding tert-OH is 1. The van der Waals surface area contributed by atoms with Crippen molar-refractivity contribution in [1.29, 1.82) is 0 Å². The molecule has 2 heterocycles. The number of rotatable bonds is 5. The highest BCUT2D eigenvalue weighted by atomic mass is 16.5. The molecule has 2 atom stereocenters. The minimum absolute atomic E-state index is 0.237. The van der Waals surface area contributed by atoms with E-state index in [9.17, 15) is 0 Å². The zero-order valence-electron chi connectivity index (χ0n) is 12.1. The lowest BCUT2D eigenvalue weighted by Gasteiger charge is -2.21. The quantitative estimate of drug-likeness (QED) is 0.879. The van der Waals surface area contributed by atoms with Crippen molar-refractivity contribution < 1.29 is 9.63 Å². The third kappa shape index (κ3) is 3.05. The van der Waals surface area contributed by atoms with Gasteiger partial charge in [-0.2, -0.15) is 4.98 Å². The van der Waals surface area contributed by atoms with Crippen LogP contribution in [0, 0.1) is 12.8 Å². The van der Waals surface area contributed by atoms with Gasteiger partial charge < -0.3 is 14.9 Å². The van der Waals surface area contributed by atoms with E-state index in [1.54, 1.807) is 13.1 Å². The molecule has 2 unspecified atom stereocenters. The van der Waals surface area contributed by atoms with Crippen LogP contribution in [0.1, 0.15) is 31.5 Å². The lowest BCUT2D eigenvalue weighted by atomic mass is 10.00. The molecular weight excluding hydrogens is 268 g/mol. The molecule has 0 amide bonds. The van der Waals surface area contributed by atoms with Gasteiger partial charge in [0.25, 0.3) is 5.89 Å². The molecule has 2 N–H and O–H groups in total. The molecule has 1 aliphatic carbocycles. The monoisotopic (exact) mass is 288 g/mol. The van der Waals surface area contributed by atoms with Crippen LogP contribution in [0.2, 0.25) is 0 Å². The van der Waals surface area contributed by atoms with Gasteiger partial charge in [0.05, 0.1) is 5.56 Å². The number of aromatic nitrogens is 3. The molecule has 2 aromatic rings. The SMILES string of the molecule is Cc1noc(-c2cccnc2NC2CCCC2CCO)n1. The number of nitrogens with one attached hydrogen (secondary N) is 1. The maximum atomic E-state index is 9.17. The standard InChI is InChI=1S/C15H20N4O2/c1-10-17-15(21-19-10)12-5-3-8-16-14(12)18-13-6-2-4-11(13)7-9-20/h3,5,8,11,13,20H,2,4,6-7,9H2,1H3,(H,16,18). The number of hydrogen-bond donors (Lipinski definition) is 2. The van der Waals surface area contributed by atoms with Crippen LogP contribution in [-0.4, -0.2) is 32.9 Å². The van der Waals surface area contributed by atoms with Crippen molar-refractivity contribution >= 4 is 5.82 Å². The van der Waals surface area contributed by atoms with E-state index in [2.05, 4.69) is 20.4 Å². The maximum Gasteiger partial charge on any atom is 0.261 e. The molecule has 6 heteroatoms. The summed E-state index contributed by atoms with van der Waals surface area (Å²) in [7, 11) is 0. The highest BCUT2D eigenvalue weighted by Gasteiger charge is 2.28. The molecule has 0 aromatic carbocycles. The molecule has 112 valence electrons. The van der Waals surface area contributed by atoms with Gasteiger partial charge in [-0.25, -0.2) is 4.98 Å². The van der Waals surface area contributed by atoms with Crippen LogP contribution in [-0.2, 0) is 0 Å². The molecule has 0 bridgehead atoms. The molecule has 21 heavy (non-hydrogen) atoms. The van der Waals surface area contributed by atoms with E-state index in [1.165, 1.54) is 6.42 Å². The van der Waals surface area contributed by atoms with Gasteiger partial charge in [0.2, 0.25) is 0 Å². The first-order valence-corrected chi connectivity index (χ1v) is 7.41. The molecule has 2 aromatic heterocycles. The number of aryl methyl sites for hydroxylation is 1. The molecule has 3 rings (SSSR count). The Labute approximate surface area is 123 Å². The van der Waals surface area contributed by atoms with E-state index in [0.29, 0.717) is 23.7 Å². The van der Waals surface area contributed by atoms with Crippen molar-refractivity contribution in [2.45, 2.75) is 38.6 Å². The van der Waals surface area contributed by atoms with Crippen molar-refractivity contribution in [1.82, 2.24) is 15.1 Å². The lowest BCUT2D eigenvalue weighted by Crippen LogP contribution is -2.25. The Bertz CT molecular complexity index is 599. The van der Waals surface area contributed by atoms with Crippen LogP contribution < -0.4 is 5.32 Å². The van der Waals surface area contributed by atoms with Gasteiger partial charge in [-0.05, 0) is 44.2 Å². The van der Waals surface area contributed by atoms with Crippen LogP contribution in [0.5, 0.6) is 0 Å². The smallest absolute Gasteiger partial charge is 0.261 e. The molecule has 0 radical (unpaired) electrons. The van der Waals surface area contributed by atoms with Gasteiger partial charge >= 0.3 is 0 Å². The fourth-order valence-electron chi connectivity index (χ4n) is 3.01. The number of anilines is 1. The summed E-state index contributed by atoms with van der Waals surface area (Å²) >= 11 is 0. The molecule has 0 spiro atoms. The van der Waals surface area contributed by atoms with E-state index in [4.69, 9.17) is 9.63 Å². The van der Waals surface area contributed by atoms with E-state index in [1.807, 2.05) is 12.1 Å². The molecule has 1 saturated carbocycles. The van der Waals surface area contributed by atoms with Crippen molar-refractivity contribution in [2.75, 3.05) is 11.9 Å². The number of hydrogen-bond acceptors (Lipinski definition) is 6. The minimum atomic E-state index is 0.237. The molecule has 0 saturated heterocycles. The summed E-state index contributed by atoms with van der Waals surface area (Å²) in [5.41, 5.74) is 0.827. The van der Waals surface area contributed by atoms with Crippen LogP contribution in [0.25, 0.3) is 11.5 Å². The van der Waals surface area contributed by atoms with E-state index in [-0.39, 0.29) is 6.61 Å². The topological polar surface area (TPSA) is 84.1 Å². The average molecular weight is 288 g/mol. The molecule has 0 aliphatic heterocycles. The first kappa shape index (κ1) is 14.0. The Balaban J connectivity index is 1.82. The highest BCUT2D eigenvalue weighted by Crippen LogP contribution is 2.33. The molecule has 1 fully saturated rings. The number of nitrogens with zero attached hydrogens (tertiary/aromatic N) is 3. The second-order valence-corrected chi connectivity index (χ2v) is 5.50. The summed E-state index contributed by atoms with van der Waals surface area (Å²) in [6, 6.07) is 4.13. The van der Waals surface area contributed by atoms with Crippen molar-refractivity contribution in [3.63, 3.8) is 0 Å². The second kappa shape index (κ2) is 6.22. The summed E-state index contributed by atoms with van der Waals surface area (Å²) in [5, 5.41) is 16.5. The maximum absolute atomic E-state index is 9.17. The van der Waals surface area contributed by atoms with Crippen LogP contribution in [0.3, 0.4) is 0 Å². The Hall–Kier alpha value is -1.95. The fourth-order valence-corrected chi connectivity index (χ4v) is 3.01. The predicted molar refractivity (Wildman–Crippen MR) is 78.7 cm³/mol. The van der Waals surface area contributed by atoms with Crippen molar-refractivity contribution in [3.05, 3.63) is 24.2 Å². The Morgan fingerprint density at radius 2 is 2.33 bits per heavy atom. The summed E-state index contributed by atoms with van der Waals surface area (Å²) in [6.07, 6.45) is 6.03. The largest absolute Gasteiger partial charge is 0.396 e. The molecule has 1 aliphatic rings.